The molecule has 0 saturated heterocycles. The van der Waals surface area contributed by atoms with Crippen LogP contribution in [0.3, 0.4) is 0 Å². The molecular formula is C13H16N6S. The minimum Gasteiger partial charge on any atom is -0.365 e. The third kappa shape index (κ3) is 2.60. The molecular weight excluding hydrogens is 272 g/mol. The molecule has 0 bridgehead atoms. The Balaban J connectivity index is 2.26. The molecule has 0 spiro atoms. The van der Waals surface area contributed by atoms with E-state index < -0.39 is 0 Å². The summed E-state index contributed by atoms with van der Waals surface area (Å²) >= 11 is 1.44. The van der Waals surface area contributed by atoms with Crippen LogP contribution in [0.1, 0.15) is 22.5 Å². The Bertz CT molecular complexity index is 670. The van der Waals surface area contributed by atoms with Gasteiger partial charge in [0.25, 0.3) is 0 Å². The highest BCUT2D eigenvalue weighted by atomic mass is 32.2. The van der Waals surface area contributed by atoms with Gasteiger partial charge in [-0.15, -0.1) is 11.8 Å². The number of thioether (sulfide) groups is 1. The smallest absolute Gasteiger partial charge is 0.148 e. The Hall–Kier alpha value is -2.07. The van der Waals surface area contributed by atoms with Crippen LogP contribution in [0, 0.1) is 25.2 Å². The van der Waals surface area contributed by atoms with E-state index in [1.807, 2.05) is 31.8 Å². The Morgan fingerprint density at radius 3 is 2.70 bits per heavy atom. The number of rotatable bonds is 4. The van der Waals surface area contributed by atoms with Crippen LogP contribution in [0.25, 0.3) is 0 Å². The lowest BCUT2D eigenvalue weighted by Crippen LogP contribution is -2.06. The summed E-state index contributed by atoms with van der Waals surface area (Å²) in [5.41, 5.74) is 3.70. The van der Waals surface area contributed by atoms with Crippen molar-refractivity contribution < 1.29 is 0 Å². The molecule has 0 atom stereocenters. The first-order valence-corrected chi connectivity index (χ1v) is 7.33. The summed E-state index contributed by atoms with van der Waals surface area (Å²) in [5, 5.41) is 17.5. The van der Waals surface area contributed by atoms with Crippen molar-refractivity contribution in [1.29, 1.82) is 5.26 Å². The molecule has 0 saturated carbocycles. The number of hydrogen-bond acceptors (Lipinski definition) is 6. The van der Waals surface area contributed by atoms with Crippen LogP contribution in [-0.4, -0.2) is 26.0 Å². The average Bonchev–Trinajstić information content (AvgIpc) is 2.69. The second-order valence-corrected chi connectivity index (χ2v) is 5.14. The summed E-state index contributed by atoms with van der Waals surface area (Å²) in [7, 11) is 1.92. The van der Waals surface area contributed by atoms with Crippen molar-refractivity contribution in [2.75, 3.05) is 11.6 Å². The zero-order chi connectivity index (χ0) is 14.7. The van der Waals surface area contributed by atoms with E-state index in [1.165, 1.54) is 18.1 Å². The molecule has 0 radical (unpaired) electrons. The van der Waals surface area contributed by atoms with E-state index in [0.29, 0.717) is 23.0 Å². The van der Waals surface area contributed by atoms with E-state index in [-0.39, 0.29) is 0 Å². The molecule has 20 heavy (non-hydrogen) atoms. The molecule has 0 aliphatic carbocycles. The first-order valence-electron chi connectivity index (χ1n) is 6.10. The number of aromatic nitrogens is 4. The fraction of sp³-hybridized carbons (Fsp3) is 0.385. The highest BCUT2D eigenvalue weighted by Crippen LogP contribution is 2.23. The second kappa shape index (κ2) is 5.92. The molecule has 0 unspecified atom stereocenters. The molecule has 2 rings (SSSR count). The quantitative estimate of drug-likeness (QED) is 0.685. The zero-order valence-electron chi connectivity index (χ0n) is 11.9. The summed E-state index contributed by atoms with van der Waals surface area (Å²) in [6.07, 6.45) is 3.36. The van der Waals surface area contributed by atoms with Gasteiger partial charge in [0.1, 0.15) is 28.8 Å². The van der Waals surface area contributed by atoms with E-state index in [9.17, 15) is 5.26 Å². The van der Waals surface area contributed by atoms with Crippen LogP contribution in [0.2, 0.25) is 0 Å². The predicted octanol–water partition coefficient (Wildman–Crippen LogP) is 2.03. The lowest BCUT2D eigenvalue weighted by molar-refractivity contribution is 0.730. The molecule has 0 aromatic carbocycles. The van der Waals surface area contributed by atoms with Crippen molar-refractivity contribution in [3.63, 3.8) is 0 Å². The number of nitrogens with one attached hydrogen (secondary N) is 1. The summed E-state index contributed by atoms with van der Waals surface area (Å²) in [6.45, 7) is 4.59. The number of aryl methyl sites for hydroxylation is 2. The van der Waals surface area contributed by atoms with Crippen molar-refractivity contribution in [1.82, 2.24) is 19.7 Å². The Morgan fingerprint density at radius 2 is 2.15 bits per heavy atom. The molecule has 2 aromatic rings. The van der Waals surface area contributed by atoms with Gasteiger partial charge in [-0.3, -0.25) is 4.68 Å². The predicted molar refractivity (Wildman–Crippen MR) is 78.5 cm³/mol. The molecule has 2 heterocycles. The SMILES string of the molecule is CSc1ncnc(NCc2c(C)nn(C)c2C)c1C#N. The molecule has 2 aromatic heterocycles. The van der Waals surface area contributed by atoms with Crippen molar-refractivity contribution in [3.8, 4) is 6.07 Å². The fourth-order valence-electron chi connectivity index (χ4n) is 2.00. The van der Waals surface area contributed by atoms with Crippen LogP contribution in [-0.2, 0) is 13.6 Å². The van der Waals surface area contributed by atoms with Gasteiger partial charge in [0, 0.05) is 24.8 Å². The molecule has 104 valence electrons. The normalized spacial score (nSPS) is 10.3. The zero-order valence-corrected chi connectivity index (χ0v) is 12.7. The molecule has 0 aliphatic rings. The Labute approximate surface area is 122 Å². The van der Waals surface area contributed by atoms with Crippen molar-refractivity contribution in [2.45, 2.75) is 25.4 Å². The maximum Gasteiger partial charge on any atom is 0.148 e. The van der Waals surface area contributed by atoms with Gasteiger partial charge in [0.15, 0.2) is 0 Å². The summed E-state index contributed by atoms with van der Waals surface area (Å²) < 4.78 is 1.85. The molecule has 6 nitrogen and oxygen atoms in total. The van der Waals surface area contributed by atoms with Gasteiger partial charge in [-0.05, 0) is 20.1 Å². The van der Waals surface area contributed by atoms with Gasteiger partial charge in [0.2, 0.25) is 0 Å². The number of anilines is 1. The average molecular weight is 288 g/mol. The largest absolute Gasteiger partial charge is 0.365 e. The highest BCUT2D eigenvalue weighted by Gasteiger charge is 2.13. The molecule has 0 amide bonds. The van der Waals surface area contributed by atoms with Crippen molar-refractivity contribution in [2.24, 2.45) is 7.05 Å². The number of hydrogen-bond donors (Lipinski definition) is 1. The van der Waals surface area contributed by atoms with Crippen LogP contribution in [0.4, 0.5) is 5.82 Å². The van der Waals surface area contributed by atoms with Gasteiger partial charge in [-0.2, -0.15) is 10.4 Å². The van der Waals surface area contributed by atoms with E-state index in [0.717, 1.165) is 17.0 Å². The first kappa shape index (κ1) is 14.3. The van der Waals surface area contributed by atoms with Crippen LogP contribution < -0.4 is 5.32 Å². The van der Waals surface area contributed by atoms with Gasteiger partial charge < -0.3 is 5.32 Å². The monoisotopic (exact) mass is 288 g/mol. The first-order chi connectivity index (χ1) is 9.58. The van der Waals surface area contributed by atoms with E-state index in [4.69, 9.17) is 0 Å². The van der Waals surface area contributed by atoms with Gasteiger partial charge in [0.05, 0.1) is 5.69 Å². The lowest BCUT2D eigenvalue weighted by Gasteiger charge is -2.09. The second-order valence-electron chi connectivity index (χ2n) is 4.34. The fourth-order valence-corrected chi connectivity index (χ4v) is 2.50. The van der Waals surface area contributed by atoms with Crippen molar-refractivity contribution >= 4 is 17.6 Å². The molecule has 0 aliphatic heterocycles. The summed E-state index contributed by atoms with van der Waals surface area (Å²) in [4.78, 5) is 8.25. The maximum atomic E-state index is 9.24. The van der Waals surface area contributed by atoms with Gasteiger partial charge in [-0.1, -0.05) is 0 Å². The van der Waals surface area contributed by atoms with Crippen LogP contribution >= 0.6 is 11.8 Å². The highest BCUT2D eigenvalue weighted by molar-refractivity contribution is 7.98. The minimum absolute atomic E-state index is 0.485. The Morgan fingerprint density at radius 1 is 1.40 bits per heavy atom. The number of nitriles is 1. The molecule has 1 N–H and O–H groups in total. The van der Waals surface area contributed by atoms with Crippen molar-refractivity contribution in [3.05, 3.63) is 28.8 Å². The van der Waals surface area contributed by atoms with Crippen LogP contribution in [0.5, 0.6) is 0 Å². The Kier molecular flexibility index (Phi) is 4.25. The van der Waals surface area contributed by atoms with Crippen LogP contribution in [0.15, 0.2) is 11.4 Å². The standard InChI is InChI=1S/C13H16N6S/c1-8-11(9(2)19(3)18-8)6-15-12-10(5-14)13(20-4)17-7-16-12/h7H,6H2,1-4H3,(H,15,16,17). The number of nitrogens with zero attached hydrogens (tertiary/aromatic N) is 5. The maximum absolute atomic E-state index is 9.24. The molecule has 7 heteroatoms. The molecule has 0 fully saturated rings. The third-order valence-electron chi connectivity index (χ3n) is 3.21. The topological polar surface area (TPSA) is 79.4 Å². The van der Waals surface area contributed by atoms with Gasteiger partial charge in [-0.25, -0.2) is 9.97 Å². The van der Waals surface area contributed by atoms with E-state index in [2.05, 4.69) is 26.5 Å². The summed E-state index contributed by atoms with van der Waals surface area (Å²) in [5.74, 6) is 0.564. The van der Waals surface area contributed by atoms with Gasteiger partial charge >= 0.3 is 0 Å². The third-order valence-corrected chi connectivity index (χ3v) is 3.91. The van der Waals surface area contributed by atoms with E-state index in [1.54, 1.807) is 0 Å². The lowest BCUT2D eigenvalue weighted by atomic mass is 10.2. The minimum atomic E-state index is 0.485. The van der Waals surface area contributed by atoms with E-state index >= 15 is 0 Å². The summed E-state index contributed by atoms with van der Waals surface area (Å²) in [6, 6.07) is 2.16.